The predicted octanol–water partition coefficient (Wildman–Crippen LogP) is 2.02. The molecule has 0 saturated heterocycles. The van der Waals surface area contributed by atoms with Gasteiger partial charge in [-0.3, -0.25) is 4.79 Å². The number of aliphatic hydroxyl groups is 1. The number of pyridine rings is 1. The number of phenolic OH excluding ortho intramolecular Hbond substituents is 1. The van der Waals surface area contributed by atoms with Gasteiger partial charge in [0.2, 0.25) is 5.56 Å². The number of aromatic nitrogens is 1. The Morgan fingerprint density at radius 2 is 1.76 bits per heavy atom. The molecule has 3 aromatic rings. The minimum absolute atomic E-state index is 0.0702. The van der Waals surface area contributed by atoms with Crippen LogP contribution in [0, 0.1) is 0 Å². The number of hydrogen-bond donors (Lipinski definition) is 4. The standard InChI is InChI=1S/C20H20N2O3/c23-17(11-21-15-9-13-3-1-2-4-14(13)10-15)16-7-5-12-6-8-18(24)22-19(12)20(16)25/h1-8,15,17,21,23,25H,9-11H2,(H,22,24)/t17-/m0/s1. The Balaban J connectivity index is 1.48. The zero-order chi connectivity index (χ0) is 17.4. The van der Waals surface area contributed by atoms with Crippen molar-refractivity contribution in [2.75, 3.05) is 6.54 Å². The summed E-state index contributed by atoms with van der Waals surface area (Å²) in [6.45, 7) is 0.342. The number of rotatable bonds is 4. The van der Waals surface area contributed by atoms with E-state index in [-0.39, 0.29) is 17.4 Å². The summed E-state index contributed by atoms with van der Waals surface area (Å²) < 4.78 is 0. The summed E-state index contributed by atoms with van der Waals surface area (Å²) in [5, 5.41) is 25.0. The molecule has 4 N–H and O–H groups in total. The first-order chi connectivity index (χ1) is 12.1. The van der Waals surface area contributed by atoms with Crippen molar-refractivity contribution in [1.29, 1.82) is 0 Å². The minimum Gasteiger partial charge on any atom is -0.505 e. The van der Waals surface area contributed by atoms with Crippen LogP contribution in [0.3, 0.4) is 0 Å². The van der Waals surface area contributed by atoms with Gasteiger partial charge in [-0.05, 0) is 30.0 Å². The van der Waals surface area contributed by atoms with Gasteiger partial charge in [0.1, 0.15) is 5.75 Å². The lowest BCUT2D eigenvalue weighted by Gasteiger charge is -2.18. The number of hydrogen-bond acceptors (Lipinski definition) is 4. The highest BCUT2D eigenvalue weighted by Gasteiger charge is 2.22. The first-order valence-corrected chi connectivity index (χ1v) is 8.45. The van der Waals surface area contributed by atoms with Crippen molar-refractivity contribution in [2.45, 2.75) is 25.0 Å². The Morgan fingerprint density at radius 3 is 2.48 bits per heavy atom. The maximum atomic E-state index is 11.5. The molecule has 0 saturated carbocycles. The van der Waals surface area contributed by atoms with Gasteiger partial charge >= 0.3 is 0 Å². The average Bonchev–Trinajstić information content (AvgIpc) is 3.03. The number of nitrogens with one attached hydrogen (secondary N) is 2. The van der Waals surface area contributed by atoms with Crippen molar-refractivity contribution in [2.24, 2.45) is 0 Å². The summed E-state index contributed by atoms with van der Waals surface area (Å²) in [5.74, 6) is -0.0702. The monoisotopic (exact) mass is 336 g/mol. The SMILES string of the molecule is O=c1ccc2ccc([C@@H](O)CNC3Cc4ccccc4C3)c(O)c2[nH]1. The molecule has 5 heteroatoms. The number of benzene rings is 2. The van der Waals surface area contributed by atoms with Crippen LogP contribution < -0.4 is 10.9 Å². The number of aliphatic hydroxyl groups excluding tert-OH is 1. The molecule has 1 heterocycles. The van der Waals surface area contributed by atoms with Crippen LogP contribution in [0.2, 0.25) is 0 Å². The van der Waals surface area contributed by atoms with E-state index in [0.29, 0.717) is 17.6 Å². The van der Waals surface area contributed by atoms with Gasteiger partial charge in [0.05, 0.1) is 11.6 Å². The Bertz CT molecular complexity index is 955. The van der Waals surface area contributed by atoms with Gasteiger partial charge in [-0.2, -0.15) is 0 Å². The van der Waals surface area contributed by atoms with E-state index in [1.54, 1.807) is 18.2 Å². The van der Waals surface area contributed by atoms with Gasteiger partial charge in [0.25, 0.3) is 0 Å². The first kappa shape index (κ1) is 15.9. The lowest BCUT2D eigenvalue weighted by Crippen LogP contribution is -2.33. The van der Waals surface area contributed by atoms with Gasteiger partial charge in [-0.25, -0.2) is 0 Å². The number of aromatic amines is 1. The van der Waals surface area contributed by atoms with Crippen LogP contribution >= 0.6 is 0 Å². The van der Waals surface area contributed by atoms with E-state index in [1.807, 2.05) is 12.1 Å². The molecule has 0 aliphatic heterocycles. The first-order valence-electron chi connectivity index (χ1n) is 8.45. The lowest BCUT2D eigenvalue weighted by atomic mass is 10.0. The molecule has 1 aliphatic rings. The highest BCUT2D eigenvalue weighted by atomic mass is 16.3. The van der Waals surface area contributed by atoms with E-state index >= 15 is 0 Å². The molecule has 25 heavy (non-hydrogen) atoms. The molecule has 4 rings (SSSR count). The molecule has 0 radical (unpaired) electrons. The van der Waals surface area contributed by atoms with Gasteiger partial charge < -0.3 is 20.5 Å². The van der Waals surface area contributed by atoms with Crippen LogP contribution in [0.1, 0.15) is 22.8 Å². The Hall–Kier alpha value is -2.63. The molecule has 2 aromatic carbocycles. The van der Waals surface area contributed by atoms with Gasteiger partial charge in [0.15, 0.2) is 0 Å². The van der Waals surface area contributed by atoms with Crippen LogP contribution in [0.4, 0.5) is 0 Å². The summed E-state index contributed by atoms with van der Waals surface area (Å²) in [4.78, 5) is 14.1. The number of fused-ring (bicyclic) bond motifs is 2. The highest BCUT2D eigenvalue weighted by Crippen LogP contribution is 2.30. The third-order valence-electron chi connectivity index (χ3n) is 4.91. The van der Waals surface area contributed by atoms with Crippen molar-refractivity contribution < 1.29 is 10.2 Å². The van der Waals surface area contributed by atoms with E-state index in [2.05, 4.69) is 22.4 Å². The molecule has 0 fully saturated rings. The second kappa shape index (κ2) is 6.35. The van der Waals surface area contributed by atoms with E-state index in [1.165, 1.54) is 17.2 Å². The van der Waals surface area contributed by atoms with Crippen LogP contribution in [0.5, 0.6) is 5.75 Å². The Kier molecular flexibility index (Phi) is 4.03. The fourth-order valence-electron chi connectivity index (χ4n) is 3.58. The van der Waals surface area contributed by atoms with E-state index in [9.17, 15) is 15.0 Å². The third kappa shape index (κ3) is 3.04. The summed E-state index contributed by atoms with van der Waals surface area (Å²) in [5.41, 5.74) is 3.19. The summed E-state index contributed by atoms with van der Waals surface area (Å²) in [6.07, 6.45) is 1.04. The highest BCUT2D eigenvalue weighted by molar-refractivity contribution is 5.85. The zero-order valence-corrected chi connectivity index (χ0v) is 13.7. The minimum atomic E-state index is -0.850. The number of aromatic hydroxyl groups is 1. The van der Waals surface area contributed by atoms with E-state index in [4.69, 9.17) is 0 Å². The van der Waals surface area contributed by atoms with Crippen LogP contribution in [0.15, 0.2) is 53.3 Å². The average molecular weight is 336 g/mol. The molecule has 0 spiro atoms. The molecule has 0 unspecified atom stereocenters. The summed E-state index contributed by atoms with van der Waals surface area (Å²) in [7, 11) is 0. The van der Waals surface area contributed by atoms with Crippen LogP contribution in [-0.4, -0.2) is 27.8 Å². The van der Waals surface area contributed by atoms with Crippen molar-refractivity contribution >= 4 is 10.9 Å². The number of phenols is 1. The van der Waals surface area contributed by atoms with Crippen molar-refractivity contribution in [3.05, 3.63) is 75.6 Å². The maximum absolute atomic E-state index is 11.5. The third-order valence-corrected chi connectivity index (χ3v) is 4.91. The molecule has 1 atom stereocenters. The predicted molar refractivity (Wildman–Crippen MR) is 96.8 cm³/mol. The van der Waals surface area contributed by atoms with Crippen LogP contribution in [-0.2, 0) is 12.8 Å². The van der Waals surface area contributed by atoms with Gasteiger partial charge in [-0.15, -0.1) is 0 Å². The summed E-state index contributed by atoms with van der Waals surface area (Å²) in [6, 6.07) is 15.2. The molecule has 0 amide bonds. The van der Waals surface area contributed by atoms with Gasteiger partial charge in [0, 0.05) is 29.6 Å². The van der Waals surface area contributed by atoms with Gasteiger partial charge in [-0.1, -0.05) is 36.4 Å². The quantitative estimate of drug-likeness (QED) is 0.587. The Morgan fingerprint density at radius 1 is 1.08 bits per heavy atom. The molecular formula is C20H20N2O3. The zero-order valence-electron chi connectivity index (χ0n) is 13.7. The smallest absolute Gasteiger partial charge is 0.248 e. The largest absolute Gasteiger partial charge is 0.505 e. The van der Waals surface area contributed by atoms with Crippen molar-refractivity contribution in [1.82, 2.24) is 10.3 Å². The van der Waals surface area contributed by atoms with E-state index < -0.39 is 6.10 Å². The molecule has 1 aromatic heterocycles. The van der Waals surface area contributed by atoms with E-state index in [0.717, 1.165) is 18.2 Å². The summed E-state index contributed by atoms with van der Waals surface area (Å²) >= 11 is 0. The maximum Gasteiger partial charge on any atom is 0.248 e. The topological polar surface area (TPSA) is 85.3 Å². The molecular weight excluding hydrogens is 316 g/mol. The Labute approximate surface area is 145 Å². The molecule has 128 valence electrons. The second-order valence-electron chi connectivity index (χ2n) is 6.59. The normalized spacial score (nSPS) is 15.4. The van der Waals surface area contributed by atoms with Crippen LogP contribution in [0.25, 0.3) is 10.9 Å². The van der Waals surface area contributed by atoms with Crippen molar-refractivity contribution in [3.8, 4) is 5.75 Å². The molecule has 1 aliphatic carbocycles. The fourth-order valence-corrected chi connectivity index (χ4v) is 3.58. The fraction of sp³-hybridized carbons (Fsp3) is 0.250. The molecule has 0 bridgehead atoms. The van der Waals surface area contributed by atoms with Crippen molar-refractivity contribution in [3.63, 3.8) is 0 Å². The second-order valence-corrected chi connectivity index (χ2v) is 6.59. The number of H-pyrrole nitrogens is 1. The lowest BCUT2D eigenvalue weighted by molar-refractivity contribution is 0.167. The molecule has 5 nitrogen and oxygen atoms in total.